The van der Waals surface area contributed by atoms with Gasteiger partial charge in [0.05, 0.1) is 17.9 Å². The van der Waals surface area contributed by atoms with Gasteiger partial charge in [0.25, 0.3) is 0 Å². The highest BCUT2D eigenvalue weighted by atomic mass is 35.5. The summed E-state index contributed by atoms with van der Waals surface area (Å²) in [6, 6.07) is 7.83. The first-order chi connectivity index (χ1) is 10.1. The molecule has 0 bridgehead atoms. The maximum absolute atomic E-state index is 11.0. The molecule has 0 saturated carbocycles. The number of carboxylic acid groups (broad SMARTS) is 1. The summed E-state index contributed by atoms with van der Waals surface area (Å²) in [5, 5.41) is 8.87. The van der Waals surface area contributed by atoms with Gasteiger partial charge in [0.1, 0.15) is 5.75 Å². The Hall–Kier alpha value is -1.26. The third-order valence-corrected chi connectivity index (χ3v) is 4.28. The number of halogens is 1. The SMILES string of the molecule is CCOc1ccccc1C(Cl)CN1CCC(C(=O)O)CC1. The minimum absolute atomic E-state index is 0.144. The molecule has 1 aliphatic heterocycles. The lowest BCUT2D eigenvalue weighted by Crippen LogP contribution is -2.37. The summed E-state index contributed by atoms with van der Waals surface area (Å²) in [4.78, 5) is 13.2. The molecule has 4 nitrogen and oxygen atoms in total. The van der Waals surface area contributed by atoms with E-state index in [4.69, 9.17) is 21.4 Å². The van der Waals surface area contributed by atoms with E-state index < -0.39 is 5.97 Å². The van der Waals surface area contributed by atoms with Crippen molar-refractivity contribution in [2.45, 2.75) is 25.1 Å². The van der Waals surface area contributed by atoms with Crippen LogP contribution in [0.4, 0.5) is 0 Å². The molecule has 1 N–H and O–H groups in total. The zero-order valence-electron chi connectivity index (χ0n) is 12.3. The van der Waals surface area contributed by atoms with Crippen molar-refractivity contribution in [3.63, 3.8) is 0 Å². The molecule has 5 heteroatoms. The first-order valence-electron chi connectivity index (χ1n) is 7.42. The van der Waals surface area contributed by atoms with Crippen LogP contribution in [0.5, 0.6) is 5.75 Å². The van der Waals surface area contributed by atoms with Gasteiger partial charge in [0.15, 0.2) is 0 Å². The Morgan fingerprint density at radius 2 is 2.10 bits per heavy atom. The second-order valence-corrected chi connectivity index (χ2v) is 5.88. The zero-order valence-corrected chi connectivity index (χ0v) is 13.1. The Labute approximate surface area is 130 Å². The summed E-state index contributed by atoms with van der Waals surface area (Å²) >= 11 is 6.54. The number of piperidine rings is 1. The Balaban J connectivity index is 1.93. The van der Waals surface area contributed by atoms with Crippen LogP contribution < -0.4 is 4.74 Å². The molecule has 1 atom stereocenters. The zero-order chi connectivity index (χ0) is 15.2. The van der Waals surface area contributed by atoms with E-state index in [0.29, 0.717) is 19.4 Å². The van der Waals surface area contributed by atoms with Crippen LogP contribution >= 0.6 is 11.6 Å². The number of carbonyl (C=O) groups is 1. The van der Waals surface area contributed by atoms with Crippen LogP contribution in [-0.2, 0) is 4.79 Å². The number of nitrogens with zero attached hydrogens (tertiary/aromatic N) is 1. The van der Waals surface area contributed by atoms with E-state index in [1.807, 2.05) is 31.2 Å². The molecule has 1 aliphatic rings. The predicted molar refractivity (Wildman–Crippen MR) is 83.0 cm³/mol. The van der Waals surface area contributed by atoms with E-state index in [1.54, 1.807) is 0 Å². The first kappa shape index (κ1) is 16.1. The molecule has 2 rings (SSSR count). The van der Waals surface area contributed by atoms with Gasteiger partial charge in [0, 0.05) is 12.1 Å². The molecule has 1 unspecified atom stereocenters. The molecule has 116 valence electrons. The lowest BCUT2D eigenvalue weighted by molar-refractivity contribution is -0.143. The number of alkyl halides is 1. The molecule has 21 heavy (non-hydrogen) atoms. The van der Waals surface area contributed by atoms with Crippen molar-refractivity contribution in [3.05, 3.63) is 29.8 Å². The van der Waals surface area contributed by atoms with E-state index in [0.717, 1.165) is 30.9 Å². The van der Waals surface area contributed by atoms with Gasteiger partial charge in [0.2, 0.25) is 0 Å². The molecule has 1 heterocycles. The summed E-state index contributed by atoms with van der Waals surface area (Å²) < 4.78 is 5.62. The predicted octanol–water partition coefficient (Wildman–Crippen LogP) is 3.16. The Bertz CT molecular complexity index is 472. The molecule has 0 spiro atoms. The molecule has 1 aromatic rings. The van der Waals surface area contributed by atoms with Gasteiger partial charge < -0.3 is 14.7 Å². The molecule has 1 fully saturated rings. The van der Waals surface area contributed by atoms with E-state index >= 15 is 0 Å². The van der Waals surface area contributed by atoms with Crippen LogP contribution in [0.1, 0.15) is 30.7 Å². The van der Waals surface area contributed by atoms with Crippen LogP contribution in [0.2, 0.25) is 0 Å². The molecular weight excluding hydrogens is 290 g/mol. The summed E-state index contributed by atoms with van der Waals surface area (Å²) in [5.74, 6) is -0.0510. The van der Waals surface area contributed by atoms with Gasteiger partial charge in [-0.1, -0.05) is 18.2 Å². The molecule has 1 aromatic carbocycles. The number of rotatable bonds is 6. The van der Waals surface area contributed by atoms with Crippen molar-refractivity contribution in [2.24, 2.45) is 5.92 Å². The lowest BCUT2D eigenvalue weighted by Gasteiger charge is -2.31. The van der Waals surface area contributed by atoms with E-state index in [2.05, 4.69) is 4.90 Å². The number of aliphatic carboxylic acids is 1. The number of carboxylic acids is 1. The van der Waals surface area contributed by atoms with Gasteiger partial charge in [-0.3, -0.25) is 4.79 Å². The molecular formula is C16H22ClNO3. The summed E-state index contributed by atoms with van der Waals surface area (Å²) in [6.45, 7) is 4.87. The molecule has 0 radical (unpaired) electrons. The van der Waals surface area contributed by atoms with Crippen LogP contribution in [-0.4, -0.2) is 42.2 Å². The fourth-order valence-electron chi connectivity index (χ4n) is 2.71. The number of hydrogen-bond acceptors (Lipinski definition) is 3. The quantitative estimate of drug-likeness (QED) is 0.820. The van der Waals surface area contributed by atoms with E-state index in [9.17, 15) is 4.79 Å². The average Bonchev–Trinajstić information content (AvgIpc) is 2.48. The highest BCUT2D eigenvalue weighted by Gasteiger charge is 2.26. The minimum Gasteiger partial charge on any atom is -0.494 e. The Kier molecular flexibility index (Phi) is 5.88. The number of para-hydroxylation sites is 1. The lowest BCUT2D eigenvalue weighted by atomic mass is 9.97. The summed E-state index contributed by atoms with van der Waals surface area (Å²) in [7, 11) is 0. The van der Waals surface area contributed by atoms with Crippen LogP contribution in [0.15, 0.2) is 24.3 Å². The van der Waals surface area contributed by atoms with Crippen molar-refractivity contribution in [2.75, 3.05) is 26.2 Å². The second kappa shape index (κ2) is 7.66. The number of ether oxygens (including phenoxy) is 1. The second-order valence-electron chi connectivity index (χ2n) is 5.35. The van der Waals surface area contributed by atoms with Crippen molar-refractivity contribution in [1.82, 2.24) is 4.90 Å². The third-order valence-electron chi connectivity index (χ3n) is 3.91. The summed E-state index contributed by atoms with van der Waals surface area (Å²) in [5.41, 5.74) is 1.00. The smallest absolute Gasteiger partial charge is 0.306 e. The monoisotopic (exact) mass is 311 g/mol. The van der Waals surface area contributed by atoms with Gasteiger partial charge in [-0.25, -0.2) is 0 Å². The number of likely N-dealkylation sites (tertiary alicyclic amines) is 1. The fraction of sp³-hybridized carbons (Fsp3) is 0.562. The highest BCUT2D eigenvalue weighted by Crippen LogP contribution is 2.31. The average molecular weight is 312 g/mol. The van der Waals surface area contributed by atoms with Gasteiger partial charge >= 0.3 is 5.97 Å². The number of benzene rings is 1. The topological polar surface area (TPSA) is 49.8 Å². The van der Waals surface area contributed by atoms with E-state index in [1.165, 1.54) is 0 Å². The van der Waals surface area contributed by atoms with Crippen LogP contribution in [0.25, 0.3) is 0 Å². The van der Waals surface area contributed by atoms with Crippen molar-refractivity contribution in [1.29, 1.82) is 0 Å². The van der Waals surface area contributed by atoms with Crippen molar-refractivity contribution >= 4 is 17.6 Å². The highest BCUT2D eigenvalue weighted by molar-refractivity contribution is 6.21. The molecule has 0 aliphatic carbocycles. The largest absolute Gasteiger partial charge is 0.494 e. The third kappa shape index (κ3) is 4.35. The molecule has 1 saturated heterocycles. The van der Waals surface area contributed by atoms with Gasteiger partial charge in [-0.15, -0.1) is 11.6 Å². The standard InChI is InChI=1S/C16H22ClNO3/c1-2-21-15-6-4-3-5-13(15)14(17)11-18-9-7-12(8-10-18)16(19)20/h3-6,12,14H,2,7-11H2,1H3,(H,19,20). The molecule has 0 amide bonds. The van der Waals surface area contributed by atoms with Crippen LogP contribution in [0.3, 0.4) is 0 Å². The fourth-order valence-corrected chi connectivity index (χ4v) is 3.09. The minimum atomic E-state index is -0.682. The maximum atomic E-state index is 11.0. The summed E-state index contributed by atoms with van der Waals surface area (Å²) in [6.07, 6.45) is 1.40. The van der Waals surface area contributed by atoms with Crippen LogP contribution in [0, 0.1) is 5.92 Å². The van der Waals surface area contributed by atoms with Gasteiger partial charge in [-0.2, -0.15) is 0 Å². The Morgan fingerprint density at radius 1 is 1.43 bits per heavy atom. The maximum Gasteiger partial charge on any atom is 0.306 e. The molecule has 0 aromatic heterocycles. The van der Waals surface area contributed by atoms with Gasteiger partial charge in [-0.05, 0) is 38.9 Å². The van der Waals surface area contributed by atoms with Crippen molar-refractivity contribution < 1.29 is 14.6 Å². The first-order valence-corrected chi connectivity index (χ1v) is 7.86. The number of hydrogen-bond donors (Lipinski definition) is 1. The van der Waals surface area contributed by atoms with Crippen molar-refractivity contribution in [3.8, 4) is 5.75 Å². The Morgan fingerprint density at radius 3 is 2.71 bits per heavy atom. The van der Waals surface area contributed by atoms with E-state index in [-0.39, 0.29) is 11.3 Å². The normalized spacial score (nSPS) is 18.4.